The van der Waals surface area contributed by atoms with Crippen LogP contribution in [0.1, 0.15) is 88.9 Å². The Labute approximate surface area is 266 Å². The molecule has 236 valence electrons. The lowest BCUT2D eigenvalue weighted by Crippen LogP contribution is -2.04. The summed E-state index contributed by atoms with van der Waals surface area (Å²) in [5.41, 5.74) is 2.55. The second-order valence-corrected chi connectivity index (χ2v) is 13.6. The number of aliphatic hydroxyl groups is 1. The van der Waals surface area contributed by atoms with Crippen LogP contribution in [-0.4, -0.2) is 34.5 Å². The molecular weight excluding hydrogens is 593 g/mol. The van der Waals surface area contributed by atoms with E-state index in [1.165, 1.54) is 49.9 Å². The molecule has 0 radical (unpaired) electrons. The summed E-state index contributed by atoms with van der Waals surface area (Å²) in [6.45, 7) is 5.78. The van der Waals surface area contributed by atoms with Crippen LogP contribution in [0.25, 0.3) is 11.1 Å². The van der Waals surface area contributed by atoms with Crippen LogP contribution in [0.2, 0.25) is 0 Å². The summed E-state index contributed by atoms with van der Waals surface area (Å²) in [4.78, 5) is 1.03. The third-order valence-electron chi connectivity index (χ3n) is 7.57. The first kappa shape index (κ1) is 33.8. The minimum Gasteiger partial charge on any atom is -0.494 e. The fourth-order valence-electron chi connectivity index (χ4n) is 5.08. The number of benzene rings is 3. The van der Waals surface area contributed by atoms with Crippen molar-refractivity contribution in [3.63, 3.8) is 0 Å². The smallest absolute Gasteiger partial charge is 0.295 e. The summed E-state index contributed by atoms with van der Waals surface area (Å²) in [5.74, 6) is 0.756. The topological polar surface area (TPSA) is 102 Å². The maximum Gasteiger partial charge on any atom is 0.295 e. The van der Waals surface area contributed by atoms with Crippen LogP contribution in [0.5, 0.6) is 5.75 Å². The third-order valence-corrected chi connectivity index (χ3v) is 9.67. The molecule has 0 fully saturated rings. The molecule has 1 unspecified atom stereocenters. The lowest BCUT2D eigenvalue weighted by atomic mass is 9.94. The van der Waals surface area contributed by atoms with Gasteiger partial charge in [0, 0.05) is 28.1 Å². The second-order valence-electron chi connectivity index (χ2n) is 11.1. The zero-order valence-corrected chi connectivity index (χ0v) is 27.3. The van der Waals surface area contributed by atoms with E-state index in [0.29, 0.717) is 33.8 Å². The summed E-state index contributed by atoms with van der Waals surface area (Å²) >= 11 is 1.25. The van der Waals surface area contributed by atoms with E-state index >= 15 is 0 Å². The normalized spacial score (nSPS) is 12.4. The zero-order chi connectivity index (χ0) is 31.4. The van der Waals surface area contributed by atoms with Crippen molar-refractivity contribution < 1.29 is 22.8 Å². The van der Waals surface area contributed by atoms with Crippen LogP contribution in [0.3, 0.4) is 0 Å². The summed E-state index contributed by atoms with van der Waals surface area (Å²) in [6.07, 6.45) is 13.2. The molecule has 0 spiro atoms. The van der Waals surface area contributed by atoms with Gasteiger partial charge in [-0.2, -0.15) is 13.5 Å². The van der Waals surface area contributed by atoms with Crippen LogP contribution in [0, 0.1) is 0 Å². The minimum absolute atomic E-state index is 0.185. The Morgan fingerprint density at radius 3 is 2.32 bits per heavy atom. The van der Waals surface area contributed by atoms with E-state index in [1.807, 2.05) is 65.5 Å². The zero-order valence-electron chi connectivity index (χ0n) is 25.7. The molecule has 1 heterocycles. The highest BCUT2D eigenvalue weighted by Gasteiger charge is 2.21. The average Bonchev–Trinajstić information content (AvgIpc) is 3.50. The van der Waals surface area contributed by atoms with Crippen molar-refractivity contribution in [2.45, 2.75) is 99.0 Å². The number of hydrogen-bond donors (Lipinski definition) is 2. The number of aromatic nitrogens is 2. The maximum absolute atomic E-state index is 12.5. The molecule has 4 aromatic rings. The van der Waals surface area contributed by atoms with Gasteiger partial charge in [-0.25, -0.2) is 0 Å². The van der Waals surface area contributed by atoms with Crippen LogP contribution in [0.4, 0.5) is 0 Å². The van der Waals surface area contributed by atoms with E-state index in [1.54, 1.807) is 12.3 Å². The molecule has 0 amide bonds. The van der Waals surface area contributed by atoms with Gasteiger partial charge in [0.2, 0.25) is 0 Å². The summed E-state index contributed by atoms with van der Waals surface area (Å²) < 4.78 is 42.8. The average molecular weight is 637 g/mol. The number of aryl methyl sites for hydroxylation is 1. The first-order valence-electron chi connectivity index (χ1n) is 15.6. The number of ether oxygens (including phenoxy) is 1. The molecule has 0 bridgehead atoms. The fourth-order valence-corrected chi connectivity index (χ4v) is 6.94. The molecule has 1 atom stereocenters. The largest absolute Gasteiger partial charge is 0.494 e. The van der Waals surface area contributed by atoms with Crippen molar-refractivity contribution in [2.24, 2.45) is 0 Å². The Morgan fingerprint density at radius 2 is 1.59 bits per heavy atom. The Morgan fingerprint density at radius 1 is 0.886 bits per heavy atom. The van der Waals surface area contributed by atoms with E-state index in [9.17, 15) is 18.1 Å². The van der Waals surface area contributed by atoms with Gasteiger partial charge in [0.15, 0.2) is 0 Å². The molecule has 0 aliphatic heterocycles. The van der Waals surface area contributed by atoms with Gasteiger partial charge in [0.1, 0.15) is 16.7 Å². The molecule has 9 heteroatoms. The van der Waals surface area contributed by atoms with Gasteiger partial charge in [0.25, 0.3) is 10.1 Å². The van der Waals surface area contributed by atoms with Crippen LogP contribution < -0.4 is 4.74 Å². The van der Waals surface area contributed by atoms with Crippen LogP contribution in [0.15, 0.2) is 93.8 Å². The molecule has 0 saturated heterocycles. The van der Waals surface area contributed by atoms with Crippen molar-refractivity contribution in [3.05, 3.63) is 90.3 Å². The molecule has 0 aliphatic carbocycles. The number of hydrogen-bond acceptors (Lipinski definition) is 6. The summed E-state index contributed by atoms with van der Waals surface area (Å²) in [6, 6.07) is 19.8. The molecule has 1 aromatic heterocycles. The van der Waals surface area contributed by atoms with Gasteiger partial charge in [-0.15, -0.1) is 0 Å². The van der Waals surface area contributed by atoms with Crippen molar-refractivity contribution >= 4 is 21.9 Å². The Balaban J connectivity index is 1.50. The maximum atomic E-state index is 12.5. The van der Waals surface area contributed by atoms with Gasteiger partial charge >= 0.3 is 0 Å². The van der Waals surface area contributed by atoms with Crippen LogP contribution in [-0.2, 0) is 16.7 Å². The molecule has 0 saturated carbocycles. The van der Waals surface area contributed by atoms with Crippen molar-refractivity contribution in [3.8, 4) is 16.9 Å². The number of unbranched alkanes of at least 4 members (excludes halogenated alkanes) is 7. The van der Waals surface area contributed by atoms with Crippen LogP contribution >= 0.6 is 11.8 Å². The van der Waals surface area contributed by atoms with E-state index in [4.69, 9.17) is 4.74 Å². The van der Waals surface area contributed by atoms with Gasteiger partial charge in [-0.3, -0.25) is 9.23 Å². The second kappa shape index (κ2) is 16.8. The predicted molar refractivity (Wildman–Crippen MR) is 177 cm³/mol. The predicted octanol–water partition coefficient (Wildman–Crippen LogP) is 8.96. The lowest BCUT2D eigenvalue weighted by Gasteiger charge is -2.16. The monoisotopic (exact) mass is 636 g/mol. The third kappa shape index (κ3) is 9.69. The van der Waals surface area contributed by atoms with Crippen molar-refractivity contribution in [2.75, 3.05) is 6.61 Å². The Hall–Kier alpha value is -3.11. The van der Waals surface area contributed by atoms with Gasteiger partial charge in [0.05, 0.1) is 12.8 Å². The molecule has 7 nitrogen and oxygen atoms in total. The van der Waals surface area contributed by atoms with Crippen molar-refractivity contribution in [1.29, 1.82) is 0 Å². The quantitative estimate of drug-likeness (QED) is 0.0830. The van der Waals surface area contributed by atoms with E-state index in [2.05, 4.69) is 18.9 Å². The SMILES string of the molecule is CCCCCCCCCn1cc(C(O)c2ccccc2-c2ccc(Sc3ccc(OCCCC)cc3)c(S(=O)(=O)O)c2)cn1. The molecule has 4 rings (SSSR count). The van der Waals surface area contributed by atoms with Gasteiger partial charge in [-0.1, -0.05) is 101 Å². The standard InChI is InChI=1S/C35H44N2O5S2/c1-3-5-7-8-9-10-13-22-37-26-28(25-36-37)35(38)32-15-12-11-14-31(32)27-16-21-33(34(24-27)44(39,40)41)43-30-19-17-29(18-20-30)42-23-6-4-2/h11-12,14-21,24-26,35,38H,3-10,13,22-23H2,1-2H3,(H,39,40,41). The highest BCUT2D eigenvalue weighted by atomic mass is 32.2. The highest BCUT2D eigenvalue weighted by molar-refractivity contribution is 8.00. The molecule has 44 heavy (non-hydrogen) atoms. The first-order chi connectivity index (χ1) is 21.3. The van der Waals surface area contributed by atoms with E-state index in [0.717, 1.165) is 42.9 Å². The van der Waals surface area contributed by atoms with E-state index in [-0.39, 0.29) is 4.90 Å². The molecule has 0 aliphatic rings. The van der Waals surface area contributed by atoms with Gasteiger partial charge < -0.3 is 9.84 Å². The van der Waals surface area contributed by atoms with Gasteiger partial charge in [-0.05, 0) is 65.9 Å². The minimum atomic E-state index is -4.53. The first-order valence-corrected chi connectivity index (χ1v) is 17.9. The number of rotatable bonds is 18. The molecule has 3 aromatic carbocycles. The lowest BCUT2D eigenvalue weighted by molar-refractivity contribution is 0.220. The Kier molecular flexibility index (Phi) is 12.9. The molecular formula is C35H44N2O5S2. The highest BCUT2D eigenvalue weighted by Crippen LogP contribution is 2.38. The van der Waals surface area contributed by atoms with Crippen molar-refractivity contribution in [1.82, 2.24) is 9.78 Å². The van der Waals surface area contributed by atoms with E-state index < -0.39 is 16.2 Å². The summed E-state index contributed by atoms with van der Waals surface area (Å²) in [7, 11) is -4.53. The Bertz CT molecular complexity index is 1570. The summed E-state index contributed by atoms with van der Waals surface area (Å²) in [5, 5.41) is 15.8. The number of nitrogens with zero attached hydrogens (tertiary/aromatic N) is 2. The molecule has 2 N–H and O–H groups in total. The fraction of sp³-hybridized carbons (Fsp3) is 0.400. The number of aliphatic hydroxyl groups excluding tert-OH is 1.